The summed E-state index contributed by atoms with van der Waals surface area (Å²) in [7, 11) is 0. The average Bonchev–Trinajstić information content (AvgIpc) is 2.05. The minimum atomic E-state index is 0.215. The summed E-state index contributed by atoms with van der Waals surface area (Å²) in [5.74, 6) is 0. The average molecular weight is 163 g/mol. The van der Waals surface area contributed by atoms with E-state index >= 15 is 0 Å². The summed E-state index contributed by atoms with van der Waals surface area (Å²) in [6.07, 6.45) is 0. The van der Waals surface area contributed by atoms with Gasteiger partial charge in [0.1, 0.15) is 6.61 Å². The number of hydrogen-bond donors (Lipinski definition) is 2. The Bertz CT molecular complexity index is 346. The van der Waals surface area contributed by atoms with Crippen molar-refractivity contribution in [3.05, 3.63) is 23.8 Å². The van der Waals surface area contributed by atoms with E-state index in [0.717, 1.165) is 11.3 Å². The zero-order valence-corrected chi connectivity index (χ0v) is 6.45. The minimum Gasteiger partial charge on any atom is -0.460 e. The molecular weight excluding hydrogens is 154 g/mol. The Hall–Kier alpha value is -1.71. The second kappa shape index (κ2) is 2.41. The molecule has 0 unspecified atom stereocenters. The number of nitrogens with zero attached hydrogens (tertiary/aromatic N) is 1. The lowest BCUT2D eigenvalue weighted by atomic mass is 10.1. The number of benzene rings is 1. The van der Waals surface area contributed by atoms with E-state index in [4.69, 9.17) is 16.2 Å². The van der Waals surface area contributed by atoms with Crippen LogP contribution in [0.2, 0.25) is 0 Å². The highest BCUT2D eigenvalue weighted by molar-refractivity contribution is 5.78. The van der Waals surface area contributed by atoms with Gasteiger partial charge in [0, 0.05) is 11.3 Å². The molecule has 0 saturated carbocycles. The first kappa shape index (κ1) is 6.97. The summed E-state index contributed by atoms with van der Waals surface area (Å²) in [4.78, 5) is 4.00. The van der Waals surface area contributed by atoms with Crippen LogP contribution in [0.4, 0.5) is 11.4 Å². The molecule has 0 radical (unpaired) electrons. The fraction of sp³-hybridized carbons (Fsp3) is 0.125. The van der Waals surface area contributed by atoms with Gasteiger partial charge in [-0.1, -0.05) is 0 Å². The van der Waals surface area contributed by atoms with E-state index in [1.54, 1.807) is 6.07 Å². The van der Waals surface area contributed by atoms with Crippen molar-refractivity contribution in [2.45, 2.75) is 6.61 Å². The van der Waals surface area contributed by atoms with Gasteiger partial charge >= 0.3 is 0 Å². The molecule has 0 saturated heterocycles. The lowest BCUT2D eigenvalue weighted by Crippen LogP contribution is -2.18. The molecule has 1 aliphatic rings. The lowest BCUT2D eigenvalue weighted by Gasteiger charge is -2.13. The molecule has 0 atom stereocenters. The van der Waals surface area contributed by atoms with Gasteiger partial charge in [0.15, 0.2) is 0 Å². The van der Waals surface area contributed by atoms with Crippen LogP contribution in [0, 0.1) is 0 Å². The Balaban J connectivity index is 2.51. The van der Waals surface area contributed by atoms with E-state index in [1.165, 1.54) is 0 Å². The van der Waals surface area contributed by atoms with Crippen molar-refractivity contribution in [1.29, 1.82) is 0 Å². The molecule has 4 N–H and O–H groups in total. The number of ether oxygens (including phenoxy) is 1. The first-order valence-corrected chi connectivity index (χ1v) is 3.61. The van der Waals surface area contributed by atoms with E-state index in [2.05, 4.69) is 4.99 Å². The van der Waals surface area contributed by atoms with Gasteiger partial charge in [0.25, 0.3) is 6.02 Å². The standard InChI is InChI=1S/C8H9N3O/c9-6-1-2-7-5(3-6)4-12-8(10)11-7/h1-3H,4,9H2,(H2,10,11). The summed E-state index contributed by atoms with van der Waals surface area (Å²) in [6, 6.07) is 5.68. The number of nitrogen functional groups attached to an aromatic ring is 1. The van der Waals surface area contributed by atoms with Crippen molar-refractivity contribution in [3.63, 3.8) is 0 Å². The molecule has 0 fully saturated rings. The molecule has 0 aromatic heterocycles. The first-order chi connectivity index (χ1) is 5.75. The first-order valence-electron chi connectivity index (χ1n) is 3.61. The molecule has 1 aliphatic heterocycles. The maximum absolute atomic E-state index is 5.58. The summed E-state index contributed by atoms with van der Waals surface area (Å²) in [6.45, 7) is 0.454. The lowest BCUT2D eigenvalue weighted by molar-refractivity contribution is 0.282. The minimum absolute atomic E-state index is 0.215. The van der Waals surface area contributed by atoms with E-state index in [9.17, 15) is 0 Å². The Morgan fingerprint density at radius 1 is 1.33 bits per heavy atom. The molecule has 1 aromatic carbocycles. The van der Waals surface area contributed by atoms with E-state index in [1.807, 2.05) is 12.1 Å². The van der Waals surface area contributed by atoms with E-state index in [-0.39, 0.29) is 6.02 Å². The summed E-state index contributed by atoms with van der Waals surface area (Å²) in [5, 5.41) is 0. The van der Waals surface area contributed by atoms with Gasteiger partial charge < -0.3 is 16.2 Å². The zero-order valence-electron chi connectivity index (χ0n) is 6.45. The number of aliphatic imine (C=N–C) groups is 1. The van der Waals surface area contributed by atoms with Crippen LogP contribution in [0.1, 0.15) is 5.56 Å². The zero-order chi connectivity index (χ0) is 8.55. The number of amidine groups is 1. The maximum Gasteiger partial charge on any atom is 0.287 e. The monoisotopic (exact) mass is 163 g/mol. The van der Waals surface area contributed by atoms with Gasteiger partial charge in [0.05, 0.1) is 5.69 Å². The van der Waals surface area contributed by atoms with Gasteiger partial charge in [-0.15, -0.1) is 0 Å². The second-order valence-electron chi connectivity index (χ2n) is 2.63. The van der Waals surface area contributed by atoms with Crippen molar-refractivity contribution in [2.24, 2.45) is 10.7 Å². The summed E-state index contributed by atoms with van der Waals surface area (Å²) in [5.41, 5.74) is 13.5. The molecule has 0 amide bonds. The Labute approximate surface area is 69.8 Å². The van der Waals surface area contributed by atoms with E-state index in [0.29, 0.717) is 12.3 Å². The Morgan fingerprint density at radius 2 is 2.17 bits per heavy atom. The van der Waals surface area contributed by atoms with Gasteiger partial charge in [-0.25, -0.2) is 0 Å². The molecule has 1 aromatic rings. The summed E-state index contributed by atoms with van der Waals surface area (Å²) >= 11 is 0. The van der Waals surface area contributed by atoms with E-state index < -0.39 is 0 Å². The molecule has 0 spiro atoms. The van der Waals surface area contributed by atoms with Crippen LogP contribution in [-0.2, 0) is 11.3 Å². The molecule has 0 bridgehead atoms. The van der Waals surface area contributed by atoms with Crippen molar-refractivity contribution >= 4 is 17.4 Å². The van der Waals surface area contributed by atoms with Gasteiger partial charge in [-0.2, -0.15) is 4.99 Å². The Morgan fingerprint density at radius 3 is 3.00 bits per heavy atom. The highest BCUT2D eigenvalue weighted by Crippen LogP contribution is 2.25. The smallest absolute Gasteiger partial charge is 0.287 e. The van der Waals surface area contributed by atoms with Crippen molar-refractivity contribution < 1.29 is 4.74 Å². The Kier molecular flexibility index (Phi) is 1.40. The number of fused-ring (bicyclic) bond motifs is 1. The molecule has 4 nitrogen and oxygen atoms in total. The number of nitrogens with two attached hydrogens (primary N) is 2. The molecule has 12 heavy (non-hydrogen) atoms. The molecular formula is C8H9N3O. The topological polar surface area (TPSA) is 73.6 Å². The number of rotatable bonds is 0. The molecule has 2 rings (SSSR count). The van der Waals surface area contributed by atoms with Crippen LogP contribution in [0.3, 0.4) is 0 Å². The second-order valence-corrected chi connectivity index (χ2v) is 2.63. The third kappa shape index (κ3) is 1.07. The highest BCUT2D eigenvalue weighted by Gasteiger charge is 2.09. The predicted octanol–water partition coefficient (Wildman–Crippen LogP) is 0.745. The fourth-order valence-corrected chi connectivity index (χ4v) is 1.13. The van der Waals surface area contributed by atoms with Gasteiger partial charge in [-0.3, -0.25) is 0 Å². The molecule has 0 aliphatic carbocycles. The maximum atomic E-state index is 5.58. The van der Waals surface area contributed by atoms with Crippen LogP contribution < -0.4 is 11.5 Å². The highest BCUT2D eigenvalue weighted by atomic mass is 16.5. The third-order valence-corrected chi connectivity index (χ3v) is 1.71. The largest absolute Gasteiger partial charge is 0.460 e. The van der Waals surface area contributed by atoms with Crippen LogP contribution >= 0.6 is 0 Å². The van der Waals surface area contributed by atoms with Crippen LogP contribution in [-0.4, -0.2) is 6.02 Å². The van der Waals surface area contributed by atoms with Crippen molar-refractivity contribution in [2.75, 3.05) is 5.73 Å². The molecule has 4 heteroatoms. The fourth-order valence-electron chi connectivity index (χ4n) is 1.13. The van der Waals surface area contributed by atoms with Crippen LogP contribution in [0.25, 0.3) is 0 Å². The molecule has 1 heterocycles. The van der Waals surface area contributed by atoms with Crippen molar-refractivity contribution in [1.82, 2.24) is 0 Å². The van der Waals surface area contributed by atoms with Crippen LogP contribution in [0.5, 0.6) is 0 Å². The quantitative estimate of drug-likeness (QED) is 0.554. The van der Waals surface area contributed by atoms with Gasteiger partial charge in [-0.05, 0) is 18.2 Å². The van der Waals surface area contributed by atoms with Gasteiger partial charge in [0.2, 0.25) is 0 Å². The van der Waals surface area contributed by atoms with Crippen LogP contribution in [0.15, 0.2) is 23.2 Å². The predicted molar refractivity (Wildman–Crippen MR) is 46.9 cm³/mol. The summed E-state index contributed by atoms with van der Waals surface area (Å²) < 4.78 is 5.03. The van der Waals surface area contributed by atoms with Crippen molar-refractivity contribution in [3.8, 4) is 0 Å². The third-order valence-electron chi connectivity index (χ3n) is 1.71. The SMILES string of the molecule is NC1=Nc2ccc(N)cc2CO1. The molecule has 62 valence electrons. The number of anilines is 1. The number of hydrogen-bond acceptors (Lipinski definition) is 4. The normalized spacial score (nSPS) is 14.5.